The Morgan fingerprint density at radius 3 is 2.67 bits per heavy atom. The van der Waals surface area contributed by atoms with Gasteiger partial charge in [-0.05, 0) is 42.8 Å². The topological polar surface area (TPSA) is 78.1 Å². The number of hydrogen-bond acceptors (Lipinski definition) is 4. The summed E-state index contributed by atoms with van der Waals surface area (Å²) in [5.41, 5.74) is 16.3. The lowest BCUT2D eigenvalue weighted by Gasteiger charge is -2.00. The lowest BCUT2D eigenvalue weighted by Crippen LogP contribution is -1.89. The lowest BCUT2D eigenvalue weighted by molar-refractivity contribution is 0.620. The minimum Gasteiger partial charge on any atom is -0.436 e. The molecule has 0 aliphatic rings. The second-order valence-corrected chi connectivity index (χ2v) is 4.32. The largest absolute Gasteiger partial charge is 0.436 e. The summed E-state index contributed by atoms with van der Waals surface area (Å²) in [4.78, 5) is 4.43. The van der Waals surface area contributed by atoms with E-state index >= 15 is 0 Å². The summed E-state index contributed by atoms with van der Waals surface area (Å²) >= 11 is 0. The Morgan fingerprint density at radius 2 is 1.89 bits per heavy atom. The van der Waals surface area contributed by atoms with Gasteiger partial charge in [-0.15, -0.1) is 0 Å². The molecule has 1 heterocycles. The van der Waals surface area contributed by atoms with Crippen molar-refractivity contribution < 1.29 is 4.42 Å². The molecule has 0 fully saturated rings. The summed E-state index contributed by atoms with van der Waals surface area (Å²) in [6.45, 7) is 1.96. The van der Waals surface area contributed by atoms with Gasteiger partial charge in [0.05, 0.1) is 0 Å². The predicted molar refractivity (Wildman–Crippen MR) is 73.0 cm³/mol. The Bertz CT molecular complexity index is 731. The van der Waals surface area contributed by atoms with Crippen LogP contribution in [0.2, 0.25) is 0 Å². The van der Waals surface area contributed by atoms with Gasteiger partial charge in [0, 0.05) is 23.0 Å². The molecule has 4 heteroatoms. The minimum atomic E-state index is 0.582. The number of oxazole rings is 1. The lowest BCUT2D eigenvalue weighted by atomic mass is 10.1. The predicted octanol–water partition coefficient (Wildman–Crippen LogP) is 2.97. The second kappa shape index (κ2) is 3.77. The van der Waals surface area contributed by atoms with E-state index in [1.54, 1.807) is 6.07 Å². The molecule has 0 atom stereocenters. The van der Waals surface area contributed by atoms with Crippen LogP contribution in [0.15, 0.2) is 40.8 Å². The highest BCUT2D eigenvalue weighted by atomic mass is 16.3. The number of nitrogen functional groups attached to an aromatic ring is 2. The normalized spacial score (nSPS) is 10.9. The molecule has 3 rings (SSSR count). The van der Waals surface area contributed by atoms with Crippen LogP contribution in [0.5, 0.6) is 0 Å². The molecule has 0 spiro atoms. The van der Waals surface area contributed by atoms with Crippen molar-refractivity contribution in [3.63, 3.8) is 0 Å². The SMILES string of the molecule is Cc1cc(-c2nc3ccc(N)cc3o2)ccc1N. The summed E-state index contributed by atoms with van der Waals surface area (Å²) < 4.78 is 5.70. The standard InChI is InChI=1S/C14H13N3O/c1-8-6-9(2-4-11(8)16)14-17-12-5-3-10(15)7-13(12)18-14/h2-7H,15-16H2,1H3. The number of benzene rings is 2. The Hall–Kier alpha value is -2.49. The number of hydrogen-bond donors (Lipinski definition) is 2. The van der Waals surface area contributed by atoms with Gasteiger partial charge >= 0.3 is 0 Å². The second-order valence-electron chi connectivity index (χ2n) is 4.32. The number of nitrogens with two attached hydrogens (primary N) is 2. The molecule has 0 bridgehead atoms. The molecule has 0 saturated heterocycles. The van der Waals surface area contributed by atoms with Crippen LogP contribution < -0.4 is 11.5 Å². The quantitative estimate of drug-likeness (QED) is 0.640. The van der Waals surface area contributed by atoms with Gasteiger partial charge in [-0.3, -0.25) is 0 Å². The molecular formula is C14H13N3O. The minimum absolute atomic E-state index is 0.582. The Kier molecular flexibility index (Phi) is 2.23. The number of aromatic nitrogens is 1. The van der Waals surface area contributed by atoms with Crippen LogP contribution in [0.4, 0.5) is 11.4 Å². The van der Waals surface area contributed by atoms with Gasteiger partial charge in [0.2, 0.25) is 5.89 Å². The molecule has 0 radical (unpaired) electrons. The van der Waals surface area contributed by atoms with Gasteiger partial charge in [-0.2, -0.15) is 0 Å². The first-order valence-corrected chi connectivity index (χ1v) is 5.66. The van der Waals surface area contributed by atoms with E-state index in [1.165, 1.54) is 0 Å². The van der Waals surface area contributed by atoms with E-state index in [-0.39, 0.29) is 0 Å². The van der Waals surface area contributed by atoms with E-state index in [0.29, 0.717) is 17.2 Å². The molecule has 0 aliphatic carbocycles. The molecule has 4 nitrogen and oxygen atoms in total. The number of rotatable bonds is 1. The zero-order valence-corrected chi connectivity index (χ0v) is 9.97. The number of anilines is 2. The van der Waals surface area contributed by atoms with E-state index in [9.17, 15) is 0 Å². The fourth-order valence-electron chi connectivity index (χ4n) is 1.87. The smallest absolute Gasteiger partial charge is 0.227 e. The van der Waals surface area contributed by atoms with Gasteiger partial charge in [-0.1, -0.05) is 0 Å². The molecule has 1 aromatic heterocycles. The van der Waals surface area contributed by atoms with E-state index in [1.807, 2.05) is 37.3 Å². The molecule has 0 unspecified atom stereocenters. The summed E-state index contributed by atoms with van der Waals surface area (Å²) in [6, 6.07) is 11.1. The number of nitrogens with zero attached hydrogens (tertiary/aromatic N) is 1. The van der Waals surface area contributed by atoms with Gasteiger partial charge in [0.25, 0.3) is 0 Å². The molecule has 0 amide bonds. The number of aryl methyl sites for hydroxylation is 1. The van der Waals surface area contributed by atoms with Crippen molar-refractivity contribution in [1.29, 1.82) is 0 Å². The highest BCUT2D eigenvalue weighted by Gasteiger charge is 2.09. The Balaban J connectivity index is 2.16. The zero-order valence-electron chi connectivity index (χ0n) is 9.97. The summed E-state index contributed by atoms with van der Waals surface area (Å²) in [7, 11) is 0. The molecule has 0 aliphatic heterocycles. The van der Waals surface area contributed by atoms with Crippen molar-refractivity contribution >= 4 is 22.5 Å². The van der Waals surface area contributed by atoms with E-state index in [0.717, 1.165) is 22.3 Å². The van der Waals surface area contributed by atoms with Crippen LogP contribution in [0, 0.1) is 6.92 Å². The van der Waals surface area contributed by atoms with Crippen molar-refractivity contribution in [2.24, 2.45) is 0 Å². The third kappa shape index (κ3) is 1.68. The maximum absolute atomic E-state index is 5.79. The van der Waals surface area contributed by atoms with Gasteiger partial charge in [-0.25, -0.2) is 4.98 Å². The van der Waals surface area contributed by atoms with Crippen LogP contribution in [0.3, 0.4) is 0 Å². The fourth-order valence-corrected chi connectivity index (χ4v) is 1.87. The Labute approximate surface area is 104 Å². The van der Waals surface area contributed by atoms with E-state index < -0.39 is 0 Å². The van der Waals surface area contributed by atoms with Crippen LogP contribution in [-0.2, 0) is 0 Å². The maximum atomic E-state index is 5.79. The van der Waals surface area contributed by atoms with Crippen molar-refractivity contribution in [3.05, 3.63) is 42.0 Å². The molecule has 4 N–H and O–H groups in total. The molecular weight excluding hydrogens is 226 g/mol. The van der Waals surface area contributed by atoms with Crippen molar-refractivity contribution in [2.75, 3.05) is 11.5 Å². The molecule has 18 heavy (non-hydrogen) atoms. The van der Waals surface area contributed by atoms with E-state index in [4.69, 9.17) is 15.9 Å². The third-order valence-electron chi connectivity index (χ3n) is 2.93. The number of fused-ring (bicyclic) bond motifs is 1. The van der Waals surface area contributed by atoms with Crippen molar-refractivity contribution in [1.82, 2.24) is 4.98 Å². The average Bonchev–Trinajstić information content (AvgIpc) is 2.75. The third-order valence-corrected chi connectivity index (χ3v) is 2.93. The molecule has 0 saturated carbocycles. The summed E-state index contributed by atoms with van der Waals surface area (Å²) in [5, 5.41) is 0. The van der Waals surface area contributed by atoms with Crippen molar-refractivity contribution in [2.45, 2.75) is 6.92 Å². The van der Waals surface area contributed by atoms with Crippen LogP contribution in [0.25, 0.3) is 22.6 Å². The molecule has 90 valence electrons. The monoisotopic (exact) mass is 239 g/mol. The first-order chi connectivity index (χ1) is 8.63. The van der Waals surface area contributed by atoms with Gasteiger partial charge in [0.1, 0.15) is 5.52 Å². The first kappa shape index (κ1) is 10.7. The summed E-state index contributed by atoms with van der Waals surface area (Å²) in [5.74, 6) is 0.582. The van der Waals surface area contributed by atoms with Crippen LogP contribution in [0.1, 0.15) is 5.56 Å². The van der Waals surface area contributed by atoms with Crippen molar-refractivity contribution in [3.8, 4) is 11.5 Å². The zero-order chi connectivity index (χ0) is 12.7. The first-order valence-electron chi connectivity index (χ1n) is 5.66. The highest BCUT2D eigenvalue weighted by molar-refractivity contribution is 5.79. The maximum Gasteiger partial charge on any atom is 0.227 e. The van der Waals surface area contributed by atoms with Crippen LogP contribution in [-0.4, -0.2) is 4.98 Å². The fraction of sp³-hybridized carbons (Fsp3) is 0.0714. The van der Waals surface area contributed by atoms with Gasteiger partial charge < -0.3 is 15.9 Å². The van der Waals surface area contributed by atoms with Gasteiger partial charge in [0.15, 0.2) is 5.58 Å². The molecule has 3 aromatic rings. The van der Waals surface area contributed by atoms with E-state index in [2.05, 4.69) is 4.98 Å². The summed E-state index contributed by atoms with van der Waals surface area (Å²) in [6.07, 6.45) is 0. The van der Waals surface area contributed by atoms with Crippen LogP contribution >= 0.6 is 0 Å². The average molecular weight is 239 g/mol. The molecule has 2 aromatic carbocycles. The Morgan fingerprint density at radius 1 is 1.06 bits per heavy atom. The highest BCUT2D eigenvalue weighted by Crippen LogP contribution is 2.27.